The molecule has 1 heterocycles. The van der Waals surface area contributed by atoms with Crippen molar-refractivity contribution in [3.8, 4) is 0 Å². The molecular formula is C11H14BrN3O2S. The highest BCUT2D eigenvalue weighted by Gasteiger charge is 2.34. The van der Waals surface area contributed by atoms with Crippen LogP contribution in [0.2, 0.25) is 0 Å². The lowest BCUT2D eigenvalue weighted by Gasteiger charge is -2.11. The monoisotopic (exact) mass is 331 g/mol. The van der Waals surface area contributed by atoms with Crippen molar-refractivity contribution in [1.29, 1.82) is 0 Å². The van der Waals surface area contributed by atoms with Crippen molar-refractivity contribution in [2.24, 2.45) is 4.99 Å². The lowest BCUT2D eigenvalue weighted by molar-refractivity contribution is 0.583. The molecule has 0 saturated carbocycles. The number of hydrogen-bond donors (Lipinski definition) is 2. The largest absolute Gasteiger partial charge is 0.301 e. The first-order chi connectivity index (χ1) is 8.53. The van der Waals surface area contributed by atoms with Crippen molar-refractivity contribution in [2.45, 2.75) is 19.4 Å². The van der Waals surface area contributed by atoms with Crippen LogP contribution in [0, 0.1) is 0 Å². The molecule has 1 aromatic rings. The Morgan fingerprint density at radius 3 is 2.78 bits per heavy atom. The Morgan fingerprint density at radius 2 is 2.11 bits per heavy atom. The maximum absolute atomic E-state index is 11.6. The van der Waals surface area contributed by atoms with Gasteiger partial charge in [-0.1, -0.05) is 41.1 Å². The Kier molecular flexibility index (Phi) is 4.04. The molecule has 18 heavy (non-hydrogen) atoms. The Morgan fingerprint density at radius 1 is 1.39 bits per heavy atom. The highest BCUT2D eigenvalue weighted by Crippen LogP contribution is 2.26. The molecule has 1 aliphatic rings. The van der Waals surface area contributed by atoms with Gasteiger partial charge in [0.05, 0.1) is 0 Å². The standard InChI is InChI=1S/C11H14BrN3O2S/c1-2-7-13-11-10(14-18(16,17)15-11)8-5-3-4-6-9(8)12/h3-6,10,14H,2,7H2,1H3,(H,13,15). The molecular weight excluding hydrogens is 318 g/mol. The topological polar surface area (TPSA) is 70.6 Å². The molecule has 7 heteroatoms. The second kappa shape index (κ2) is 5.38. The molecule has 1 aromatic carbocycles. The average molecular weight is 332 g/mol. The molecule has 0 radical (unpaired) electrons. The van der Waals surface area contributed by atoms with Gasteiger partial charge in [0.1, 0.15) is 11.9 Å². The number of hydrogen-bond acceptors (Lipinski definition) is 3. The Hall–Kier alpha value is -0.920. The van der Waals surface area contributed by atoms with Crippen molar-refractivity contribution in [3.63, 3.8) is 0 Å². The smallest absolute Gasteiger partial charge is 0.270 e. The predicted molar refractivity (Wildman–Crippen MR) is 74.7 cm³/mol. The Balaban J connectivity index is 2.39. The van der Waals surface area contributed by atoms with Crippen molar-refractivity contribution >= 4 is 32.0 Å². The van der Waals surface area contributed by atoms with Gasteiger partial charge in [0, 0.05) is 11.0 Å². The fraction of sp³-hybridized carbons (Fsp3) is 0.364. The van der Waals surface area contributed by atoms with Crippen molar-refractivity contribution < 1.29 is 8.42 Å². The molecule has 0 spiro atoms. The highest BCUT2D eigenvalue weighted by atomic mass is 79.9. The zero-order chi connectivity index (χ0) is 13.2. The molecule has 0 aromatic heterocycles. The normalized spacial score (nSPS) is 24.1. The van der Waals surface area contributed by atoms with Crippen molar-refractivity contribution in [3.05, 3.63) is 34.3 Å². The van der Waals surface area contributed by atoms with Gasteiger partial charge in [0.15, 0.2) is 0 Å². The molecule has 1 saturated heterocycles. The summed E-state index contributed by atoms with van der Waals surface area (Å²) < 4.78 is 29.0. The maximum Gasteiger partial charge on any atom is 0.301 e. The van der Waals surface area contributed by atoms with Gasteiger partial charge in [-0.15, -0.1) is 0 Å². The molecule has 5 nitrogen and oxygen atoms in total. The minimum Gasteiger partial charge on any atom is -0.270 e. The summed E-state index contributed by atoms with van der Waals surface area (Å²) in [6.07, 6.45) is 0.869. The molecule has 0 bridgehead atoms. The fourth-order valence-corrected chi connectivity index (χ4v) is 3.29. The van der Waals surface area contributed by atoms with E-state index in [1.54, 1.807) is 0 Å². The Labute approximate surface area is 115 Å². The van der Waals surface area contributed by atoms with Crippen LogP contribution in [0.15, 0.2) is 33.7 Å². The summed E-state index contributed by atoms with van der Waals surface area (Å²) >= 11 is 3.42. The molecule has 2 rings (SSSR count). The molecule has 0 aliphatic carbocycles. The summed E-state index contributed by atoms with van der Waals surface area (Å²) in [6.45, 7) is 2.59. The van der Waals surface area contributed by atoms with Gasteiger partial charge in [-0.3, -0.25) is 9.71 Å². The summed E-state index contributed by atoms with van der Waals surface area (Å²) in [5.41, 5.74) is 0.848. The van der Waals surface area contributed by atoms with Crippen LogP contribution in [0.5, 0.6) is 0 Å². The zero-order valence-corrected chi connectivity index (χ0v) is 12.3. The van der Waals surface area contributed by atoms with E-state index in [1.807, 2.05) is 31.2 Å². The quantitative estimate of drug-likeness (QED) is 0.885. The second-order valence-corrected chi connectivity index (χ2v) is 6.25. The van der Waals surface area contributed by atoms with Gasteiger partial charge in [-0.2, -0.15) is 13.1 Å². The van der Waals surface area contributed by atoms with Crippen LogP contribution in [0.25, 0.3) is 0 Å². The van der Waals surface area contributed by atoms with E-state index in [0.29, 0.717) is 12.4 Å². The zero-order valence-electron chi connectivity index (χ0n) is 9.85. The number of nitrogens with one attached hydrogen (secondary N) is 2. The SMILES string of the molecule is CCCN=C1NS(=O)(=O)NC1c1ccccc1Br. The van der Waals surface area contributed by atoms with Crippen molar-refractivity contribution in [1.82, 2.24) is 9.44 Å². The van der Waals surface area contributed by atoms with Crippen LogP contribution in [0.3, 0.4) is 0 Å². The second-order valence-electron chi connectivity index (χ2n) is 3.94. The molecule has 2 N–H and O–H groups in total. The third-order valence-electron chi connectivity index (χ3n) is 2.51. The maximum atomic E-state index is 11.6. The number of aliphatic imine (C=N–C) groups is 1. The summed E-state index contributed by atoms with van der Waals surface area (Å²) in [6, 6.07) is 7.04. The van der Waals surface area contributed by atoms with Gasteiger partial charge in [-0.05, 0) is 18.1 Å². The Bertz CT molecular complexity index is 571. The highest BCUT2D eigenvalue weighted by molar-refractivity contribution is 9.10. The van der Waals surface area contributed by atoms with Crippen molar-refractivity contribution in [2.75, 3.05) is 6.54 Å². The molecule has 1 aliphatic heterocycles. The average Bonchev–Trinajstić information content (AvgIpc) is 2.62. The van der Waals surface area contributed by atoms with Crippen LogP contribution in [0.1, 0.15) is 24.9 Å². The number of amidine groups is 1. The minimum absolute atomic E-state index is 0.447. The molecule has 0 amide bonds. The summed E-state index contributed by atoms with van der Waals surface area (Å²) in [5, 5.41) is 0. The number of benzene rings is 1. The fourth-order valence-electron chi connectivity index (χ4n) is 1.71. The van der Waals surface area contributed by atoms with Crippen LogP contribution < -0.4 is 9.44 Å². The van der Waals surface area contributed by atoms with E-state index >= 15 is 0 Å². The third kappa shape index (κ3) is 2.90. The summed E-state index contributed by atoms with van der Waals surface area (Å²) in [7, 11) is -3.49. The van der Waals surface area contributed by atoms with E-state index < -0.39 is 16.3 Å². The lowest BCUT2D eigenvalue weighted by Crippen LogP contribution is -2.24. The van der Waals surface area contributed by atoms with Crippen LogP contribution in [0.4, 0.5) is 0 Å². The van der Waals surface area contributed by atoms with Gasteiger partial charge in [-0.25, -0.2) is 0 Å². The first kappa shape index (κ1) is 13.5. The van der Waals surface area contributed by atoms with Gasteiger partial charge in [0.25, 0.3) is 0 Å². The number of nitrogens with zero attached hydrogens (tertiary/aromatic N) is 1. The van der Waals surface area contributed by atoms with Crippen LogP contribution in [-0.2, 0) is 10.2 Å². The summed E-state index contributed by atoms with van der Waals surface area (Å²) in [5.74, 6) is 0.448. The first-order valence-electron chi connectivity index (χ1n) is 5.62. The third-order valence-corrected chi connectivity index (χ3v) is 4.25. The van der Waals surface area contributed by atoms with Gasteiger partial charge >= 0.3 is 10.2 Å². The number of halogens is 1. The predicted octanol–water partition coefficient (Wildman–Crippen LogP) is 1.74. The van der Waals surface area contributed by atoms with Crippen LogP contribution >= 0.6 is 15.9 Å². The minimum atomic E-state index is -3.49. The van der Waals surface area contributed by atoms with Gasteiger partial charge in [0.2, 0.25) is 0 Å². The molecule has 1 fully saturated rings. The van der Waals surface area contributed by atoms with E-state index in [0.717, 1.165) is 16.5 Å². The molecule has 98 valence electrons. The lowest BCUT2D eigenvalue weighted by atomic mass is 10.1. The van der Waals surface area contributed by atoms with Gasteiger partial charge < -0.3 is 0 Å². The first-order valence-corrected chi connectivity index (χ1v) is 7.90. The molecule has 1 atom stereocenters. The van der Waals surface area contributed by atoms with E-state index in [1.165, 1.54) is 0 Å². The number of rotatable bonds is 3. The van der Waals surface area contributed by atoms with E-state index in [-0.39, 0.29) is 0 Å². The summed E-state index contributed by atoms with van der Waals surface area (Å²) in [4.78, 5) is 4.28. The van der Waals surface area contributed by atoms with E-state index in [4.69, 9.17) is 0 Å². The van der Waals surface area contributed by atoms with Crippen LogP contribution in [-0.4, -0.2) is 20.8 Å². The molecule has 1 unspecified atom stereocenters. The van der Waals surface area contributed by atoms with E-state index in [2.05, 4.69) is 30.4 Å². The van der Waals surface area contributed by atoms with E-state index in [9.17, 15) is 8.42 Å².